The van der Waals surface area contributed by atoms with Crippen LogP contribution in [0.3, 0.4) is 0 Å². The maximum atomic E-state index is 13.1. The summed E-state index contributed by atoms with van der Waals surface area (Å²) >= 11 is 6.10. The fourth-order valence-corrected chi connectivity index (χ4v) is 4.69. The average molecular weight is 439 g/mol. The number of carbonyl (C=O) groups is 1. The number of ether oxygens (including phenoxy) is 1. The number of methoxy groups -OCH3 is 1. The summed E-state index contributed by atoms with van der Waals surface area (Å²) in [6.07, 6.45) is 1.39. The van der Waals surface area contributed by atoms with E-state index in [0.29, 0.717) is 28.4 Å². The molecule has 2 aromatic carbocycles. The van der Waals surface area contributed by atoms with Crippen molar-refractivity contribution in [2.24, 2.45) is 0 Å². The van der Waals surface area contributed by atoms with Crippen LogP contribution < -0.4 is 14.4 Å². The molecule has 0 saturated carbocycles. The van der Waals surface area contributed by atoms with Crippen LogP contribution in [0.1, 0.15) is 37.4 Å². The van der Waals surface area contributed by atoms with Gasteiger partial charge in [-0.1, -0.05) is 42.8 Å². The molecule has 0 bridgehead atoms. The quantitative estimate of drug-likeness (QED) is 0.673. The first-order chi connectivity index (χ1) is 13.6. The zero-order chi connectivity index (χ0) is 21.8. The Balaban J connectivity index is 2.40. The van der Waals surface area contributed by atoms with Crippen molar-refractivity contribution < 1.29 is 17.9 Å². The molecule has 1 amide bonds. The summed E-state index contributed by atoms with van der Waals surface area (Å²) in [5.41, 5.74) is 1.92. The first kappa shape index (κ1) is 23.0. The van der Waals surface area contributed by atoms with Gasteiger partial charge in [0.2, 0.25) is 15.9 Å². The number of carbonyl (C=O) groups excluding carboxylic acids is 1. The van der Waals surface area contributed by atoms with Gasteiger partial charge in [0, 0.05) is 10.6 Å². The molecule has 0 aromatic heterocycles. The Kier molecular flexibility index (Phi) is 7.54. The van der Waals surface area contributed by atoms with Crippen molar-refractivity contribution in [2.45, 2.75) is 39.3 Å². The van der Waals surface area contributed by atoms with E-state index in [1.807, 2.05) is 31.2 Å². The van der Waals surface area contributed by atoms with E-state index >= 15 is 0 Å². The van der Waals surface area contributed by atoms with Gasteiger partial charge in [-0.25, -0.2) is 8.42 Å². The number of hydrogen-bond acceptors (Lipinski definition) is 4. The monoisotopic (exact) mass is 438 g/mol. The second kappa shape index (κ2) is 9.50. The Morgan fingerprint density at radius 2 is 1.90 bits per heavy atom. The highest BCUT2D eigenvalue weighted by molar-refractivity contribution is 7.92. The molecule has 0 aliphatic heterocycles. The van der Waals surface area contributed by atoms with E-state index in [-0.39, 0.29) is 6.04 Å². The zero-order valence-electron chi connectivity index (χ0n) is 17.3. The molecule has 2 rings (SSSR count). The summed E-state index contributed by atoms with van der Waals surface area (Å²) in [4.78, 5) is 13.1. The molecular weight excluding hydrogens is 412 g/mol. The average Bonchev–Trinajstić information content (AvgIpc) is 2.66. The predicted molar refractivity (Wildman–Crippen MR) is 117 cm³/mol. The summed E-state index contributed by atoms with van der Waals surface area (Å²) in [5.74, 6) is 0.259. The molecule has 158 valence electrons. The summed E-state index contributed by atoms with van der Waals surface area (Å²) in [6.45, 7) is 5.39. The van der Waals surface area contributed by atoms with E-state index < -0.39 is 22.0 Å². The van der Waals surface area contributed by atoms with Crippen LogP contribution >= 0.6 is 11.6 Å². The number of nitrogens with one attached hydrogen (secondary N) is 1. The van der Waals surface area contributed by atoms with Gasteiger partial charge in [0.15, 0.2) is 0 Å². The van der Waals surface area contributed by atoms with Crippen LogP contribution in [0.4, 0.5) is 5.69 Å². The first-order valence-electron chi connectivity index (χ1n) is 9.29. The second-order valence-electron chi connectivity index (χ2n) is 6.89. The molecule has 0 radical (unpaired) electrons. The standard InChI is InChI=1S/C21H27ClN2O4S/c1-6-18(21(25)23-15(3)17-9-7-8-10-20(17)28-4)24(29(5,26)27)19-13-16(22)12-11-14(19)2/h7-13,15,18H,6H2,1-5H3,(H,23,25)/t15-,18-/m1/s1. The highest BCUT2D eigenvalue weighted by Gasteiger charge is 2.33. The number of para-hydroxylation sites is 1. The fourth-order valence-electron chi connectivity index (χ4n) is 3.27. The van der Waals surface area contributed by atoms with Crippen molar-refractivity contribution in [3.8, 4) is 5.75 Å². The minimum absolute atomic E-state index is 0.295. The molecule has 0 heterocycles. The molecule has 29 heavy (non-hydrogen) atoms. The molecule has 0 saturated heterocycles. The number of amides is 1. The van der Waals surface area contributed by atoms with Crippen molar-refractivity contribution in [1.82, 2.24) is 5.32 Å². The van der Waals surface area contributed by atoms with Gasteiger partial charge >= 0.3 is 0 Å². The first-order valence-corrected chi connectivity index (χ1v) is 11.5. The Bertz CT molecular complexity index is 978. The van der Waals surface area contributed by atoms with Crippen molar-refractivity contribution in [3.63, 3.8) is 0 Å². The molecule has 0 aliphatic rings. The molecule has 1 N–H and O–H groups in total. The summed E-state index contributed by atoms with van der Waals surface area (Å²) in [6, 6.07) is 11.1. The molecule has 0 fully saturated rings. The number of hydrogen-bond donors (Lipinski definition) is 1. The van der Waals surface area contributed by atoms with E-state index in [4.69, 9.17) is 16.3 Å². The maximum absolute atomic E-state index is 13.1. The lowest BCUT2D eigenvalue weighted by Crippen LogP contribution is -2.50. The minimum Gasteiger partial charge on any atom is -0.496 e. The van der Waals surface area contributed by atoms with Gasteiger partial charge in [0.1, 0.15) is 11.8 Å². The molecule has 8 heteroatoms. The van der Waals surface area contributed by atoms with Crippen molar-refractivity contribution in [3.05, 3.63) is 58.6 Å². The van der Waals surface area contributed by atoms with Crippen molar-refractivity contribution in [2.75, 3.05) is 17.7 Å². The number of halogens is 1. The second-order valence-corrected chi connectivity index (χ2v) is 9.18. The summed E-state index contributed by atoms with van der Waals surface area (Å²) < 4.78 is 31.8. The van der Waals surface area contributed by atoms with Crippen LogP contribution in [0.5, 0.6) is 5.75 Å². The highest BCUT2D eigenvalue weighted by atomic mass is 35.5. The Labute approximate surface area is 177 Å². The molecule has 0 spiro atoms. The summed E-state index contributed by atoms with van der Waals surface area (Å²) in [5, 5.41) is 3.32. The van der Waals surface area contributed by atoms with E-state index in [9.17, 15) is 13.2 Å². The van der Waals surface area contributed by atoms with Gasteiger partial charge in [-0.2, -0.15) is 0 Å². The van der Waals surface area contributed by atoms with Gasteiger partial charge in [-0.15, -0.1) is 0 Å². The van der Waals surface area contributed by atoms with Crippen LogP contribution in [0.2, 0.25) is 5.02 Å². The lowest BCUT2D eigenvalue weighted by molar-refractivity contribution is -0.122. The predicted octanol–water partition coefficient (Wildman–Crippen LogP) is 4.08. The van der Waals surface area contributed by atoms with Crippen LogP contribution in [-0.2, 0) is 14.8 Å². The van der Waals surface area contributed by atoms with Crippen LogP contribution in [-0.4, -0.2) is 33.7 Å². The lowest BCUT2D eigenvalue weighted by atomic mass is 10.1. The number of nitrogens with zero attached hydrogens (tertiary/aromatic N) is 1. The molecule has 2 atom stereocenters. The minimum atomic E-state index is -3.74. The smallest absolute Gasteiger partial charge is 0.244 e. The number of aryl methyl sites for hydroxylation is 1. The fraction of sp³-hybridized carbons (Fsp3) is 0.381. The van der Waals surface area contributed by atoms with Gasteiger partial charge in [0.25, 0.3) is 0 Å². The molecule has 6 nitrogen and oxygen atoms in total. The van der Waals surface area contributed by atoms with Gasteiger partial charge in [-0.3, -0.25) is 9.10 Å². The molecule has 2 aromatic rings. The number of sulfonamides is 1. The number of rotatable bonds is 8. The Morgan fingerprint density at radius 1 is 1.24 bits per heavy atom. The van der Waals surface area contributed by atoms with E-state index in [1.54, 1.807) is 39.2 Å². The van der Waals surface area contributed by atoms with Crippen LogP contribution in [0, 0.1) is 6.92 Å². The van der Waals surface area contributed by atoms with Crippen LogP contribution in [0.15, 0.2) is 42.5 Å². The van der Waals surface area contributed by atoms with Crippen LogP contribution in [0.25, 0.3) is 0 Å². The molecule has 0 unspecified atom stereocenters. The highest BCUT2D eigenvalue weighted by Crippen LogP contribution is 2.30. The Hall–Kier alpha value is -2.25. The SMILES string of the molecule is CC[C@H](C(=O)N[C@H](C)c1ccccc1OC)N(c1cc(Cl)ccc1C)S(C)(=O)=O. The van der Waals surface area contributed by atoms with Crippen molar-refractivity contribution >= 4 is 33.2 Å². The number of benzene rings is 2. The van der Waals surface area contributed by atoms with E-state index in [0.717, 1.165) is 16.1 Å². The topological polar surface area (TPSA) is 75.7 Å². The third-order valence-electron chi connectivity index (χ3n) is 4.70. The normalized spacial score (nSPS) is 13.4. The van der Waals surface area contributed by atoms with E-state index in [2.05, 4.69) is 5.32 Å². The summed E-state index contributed by atoms with van der Waals surface area (Å²) in [7, 11) is -2.17. The third kappa shape index (κ3) is 5.42. The van der Waals surface area contributed by atoms with E-state index in [1.165, 1.54) is 0 Å². The Morgan fingerprint density at radius 3 is 2.48 bits per heavy atom. The third-order valence-corrected chi connectivity index (χ3v) is 6.10. The molecule has 0 aliphatic carbocycles. The van der Waals surface area contributed by atoms with Gasteiger partial charge in [-0.05, 0) is 44.0 Å². The molecular formula is C21H27ClN2O4S. The van der Waals surface area contributed by atoms with Gasteiger partial charge < -0.3 is 10.1 Å². The van der Waals surface area contributed by atoms with Crippen molar-refractivity contribution in [1.29, 1.82) is 0 Å². The largest absolute Gasteiger partial charge is 0.496 e. The zero-order valence-corrected chi connectivity index (χ0v) is 18.8. The van der Waals surface area contributed by atoms with Gasteiger partial charge in [0.05, 0.1) is 25.1 Å². The maximum Gasteiger partial charge on any atom is 0.244 e. The number of anilines is 1. The lowest BCUT2D eigenvalue weighted by Gasteiger charge is -2.32.